The maximum Gasteiger partial charge on any atom is 0.191 e. The van der Waals surface area contributed by atoms with Gasteiger partial charge in [0.05, 0.1) is 13.7 Å². The highest BCUT2D eigenvalue weighted by molar-refractivity contribution is 14.0. The Morgan fingerprint density at radius 1 is 1.13 bits per heavy atom. The van der Waals surface area contributed by atoms with Crippen LogP contribution in [0.3, 0.4) is 0 Å². The van der Waals surface area contributed by atoms with Gasteiger partial charge in [-0.2, -0.15) is 0 Å². The van der Waals surface area contributed by atoms with E-state index in [-0.39, 0.29) is 24.0 Å². The van der Waals surface area contributed by atoms with Crippen LogP contribution in [0, 0.1) is 0 Å². The number of aliphatic imine (C=N–C) groups is 1. The summed E-state index contributed by atoms with van der Waals surface area (Å²) in [6.45, 7) is 8.90. The number of anilines is 1. The molecule has 0 radical (unpaired) electrons. The number of guanidine groups is 1. The van der Waals surface area contributed by atoms with Gasteiger partial charge in [-0.05, 0) is 61.4 Å². The molecule has 170 valence electrons. The number of pyridine rings is 1. The van der Waals surface area contributed by atoms with Crippen molar-refractivity contribution in [3.8, 4) is 5.75 Å². The number of benzene rings is 1. The Hall–Kier alpha value is -2.03. The monoisotopic (exact) mass is 537 g/mol. The zero-order chi connectivity index (χ0) is 21.2. The summed E-state index contributed by atoms with van der Waals surface area (Å²) < 4.78 is 5.24. The van der Waals surface area contributed by atoms with Gasteiger partial charge in [0.2, 0.25) is 0 Å². The van der Waals surface area contributed by atoms with Gasteiger partial charge in [-0.15, -0.1) is 24.0 Å². The third kappa shape index (κ3) is 7.87. The molecule has 1 fully saturated rings. The Bertz CT molecular complexity index is 789. The Morgan fingerprint density at radius 3 is 2.48 bits per heavy atom. The fraction of sp³-hybridized carbons (Fsp3) is 0.500. The van der Waals surface area contributed by atoms with E-state index in [1.165, 1.54) is 18.4 Å². The average molecular weight is 537 g/mol. The first-order valence-corrected chi connectivity index (χ1v) is 11.1. The zero-order valence-corrected chi connectivity index (χ0v) is 21.3. The van der Waals surface area contributed by atoms with Crippen LogP contribution >= 0.6 is 24.0 Å². The molecule has 1 aromatic heterocycles. The summed E-state index contributed by atoms with van der Waals surface area (Å²) >= 11 is 0. The highest BCUT2D eigenvalue weighted by Gasteiger charge is 2.13. The van der Waals surface area contributed by atoms with Crippen LogP contribution in [0.5, 0.6) is 5.75 Å². The number of nitrogens with zero attached hydrogens (tertiary/aromatic N) is 3. The van der Waals surface area contributed by atoms with Gasteiger partial charge in [-0.25, -0.2) is 9.98 Å². The molecule has 1 aliphatic heterocycles. The van der Waals surface area contributed by atoms with Gasteiger partial charge < -0.3 is 20.3 Å². The summed E-state index contributed by atoms with van der Waals surface area (Å²) in [7, 11) is 1.70. The van der Waals surface area contributed by atoms with E-state index in [1.54, 1.807) is 7.11 Å². The van der Waals surface area contributed by atoms with E-state index in [4.69, 9.17) is 9.73 Å². The fourth-order valence-corrected chi connectivity index (χ4v) is 3.66. The lowest BCUT2D eigenvalue weighted by Gasteiger charge is -2.16. The van der Waals surface area contributed by atoms with E-state index in [2.05, 4.69) is 58.6 Å². The number of methoxy groups -OCH3 is 1. The quantitative estimate of drug-likeness (QED) is 0.279. The van der Waals surface area contributed by atoms with Crippen molar-refractivity contribution in [3.05, 3.63) is 53.7 Å². The molecule has 2 aromatic rings. The number of ether oxygens (including phenoxy) is 1. The minimum absolute atomic E-state index is 0. The topological polar surface area (TPSA) is 61.8 Å². The highest BCUT2D eigenvalue weighted by atomic mass is 127. The van der Waals surface area contributed by atoms with Gasteiger partial charge in [0.25, 0.3) is 0 Å². The van der Waals surface area contributed by atoms with E-state index < -0.39 is 0 Å². The van der Waals surface area contributed by atoms with E-state index >= 15 is 0 Å². The number of aromatic nitrogens is 1. The maximum atomic E-state index is 5.24. The van der Waals surface area contributed by atoms with Crippen LogP contribution in [0.1, 0.15) is 50.2 Å². The molecule has 1 atom stereocenters. The van der Waals surface area contributed by atoms with Crippen molar-refractivity contribution >= 4 is 35.8 Å². The molecule has 1 aliphatic rings. The fourth-order valence-electron chi connectivity index (χ4n) is 3.66. The smallest absolute Gasteiger partial charge is 0.191 e. The molecule has 0 bridgehead atoms. The first kappa shape index (κ1) is 25.2. The predicted molar refractivity (Wildman–Crippen MR) is 140 cm³/mol. The standard InChI is InChI=1S/C24H35N5O.HI/c1-4-25-24(26-14-13-19(2)21-8-10-22(30-3)11-9-21)28-18-20-7-12-23(27-17-20)29-15-5-6-16-29;/h7-12,17,19H,4-6,13-16,18H2,1-3H3,(H2,25,26,28);1H. The summed E-state index contributed by atoms with van der Waals surface area (Å²) in [5.41, 5.74) is 2.45. The van der Waals surface area contributed by atoms with Crippen LogP contribution in [0.2, 0.25) is 0 Å². The lowest BCUT2D eigenvalue weighted by atomic mass is 9.98. The van der Waals surface area contributed by atoms with E-state index in [1.807, 2.05) is 18.3 Å². The molecule has 0 amide bonds. The first-order chi connectivity index (χ1) is 14.7. The van der Waals surface area contributed by atoms with Crippen LogP contribution in [-0.4, -0.2) is 44.2 Å². The Labute approximate surface area is 203 Å². The van der Waals surface area contributed by atoms with Crippen LogP contribution in [0.4, 0.5) is 5.82 Å². The molecular formula is C24H36IN5O. The number of hydrogen-bond acceptors (Lipinski definition) is 4. The van der Waals surface area contributed by atoms with E-state index in [9.17, 15) is 0 Å². The predicted octanol–water partition coefficient (Wildman–Crippen LogP) is 4.56. The molecule has 0 aliphatic carbocycles. The van der Waals surface area contributed by atoms with Gasteiger partial charge in [-0.3, -0.25) is 0 Å². The SMILES string of the molecule is CCNC(=NCc1ccc(N2CCCC2)nc1)NCCC(C)c1ccc(OC)cc1.I. The van der Waals surface area contributed by atoms with Crippen molar-refractivity contribution in [1.29, 1.82) is 0 Å². The first-order valence-electron chi connectivity index (χ1n) is 11.1. The minimum Gasteiger partial charge on any atom is -0.497 e. The number of hydrogen-bond donors (Lipinski definition) is 2. The summed E-state index contributed by atoms with van der Waals surface area (Å²) in [4.78, 5) is 11.7. The number of rotatable bonds is 9. The average Bonchev–Trinajstić information content (AvgIpc) is 3.33. The van der Waals surface area contributed by atoms with E-state index in [0.717, 1.165) is 55.7 Å². The molecule has 1 aromatic carbocycles. The lowest BCUT2D eigenvalue weighted by Crippen LogP contribution is -2.38. The van der Waals surface area contributed by atoms with E-state index in [0.29, 0.717) is 12.5 Å². The van der Waals surface area contributed by atoms with Crippen molar-refractivity contribution in [1.82, 2.24) is 15.6 Å². The van der Waals surface area contributed by atoms with Gasteiger partial charge in [0.1, 0.15) is 11.6 Å². The number of halogens is 1. The van der Waals surface area contributed by atoms with Crippen LogP contribution in [0.25, 0.3) is 0 Å². The third-order valence-electron chi connectivity index (χ3n) is 5.56. The third-order valence-corrected chi connectivity index (χ3v) is 5.56. The largest absolute Gasteiger partial charge is 0.497 e. The molecule has 3 rings (SSSR count). The Kier molecular flexibility index (Phi) is 10.9. The van der Waals surface area contributed by atoms with Gasteiger partial charge in [-0.1, -0.05) is 25.1 Å². The molecule has 2 heterocycles. The van der Waals surface area contributed by atoms with Crippen molar-refractivity contribution in [2.45, 2.75) is 45.6 Å². The molecule has 1 saturated heterocycles. The van der Waals surface area contributed by atoms with Gasteiger partial charge >= 0.3 is 0 Å². The zero-order valence-electron chi connectivity index (χ0n) is 18.9. The molecule has 0 saturated carbocycles. The summed E-state index contributed by atoms with van der Waals surface area (Å²) in [6.07, 6.45) is 5.51. The van der Waals surface area contributed by atoms with Crippen molar-refractivity contribution in [2.24, 2.45) is 4.99 Å². The molecular weight excluding hydrogens is 501 g/mol. The minimum atomic E-state index is 0. The maximum absolute atomic E-state index is 5.24. The molecule has 7 heteroatoms. The molecule has 1 unspecified atom stereocenters. The summed E-state index contributed by atoms with van der Waals surface area (Å²) in [5, 5.41) is 6.79. The second kappa shape index (κ2) is 13.4. The van der Waals surface area contributed by atoms with Crippen LogP contribution in [0.15, 0.2) is 47.6 Å². The summed E-state index contributed by atoms with van der Waals surface area (Å²) in [6, 6.07) is 12.6. The molecule has 31 heavy (non-hydrogen) atoms. The van der Waals surface area contributed by atoms with Crippen molar-refractivity contribution in [2.75, 3.05) is 38.2 Å². The number of nitrogens with one attached hydrogen (secondary N) is 2. The van der Waals surface area contributed by atoms with Crippen LogP contribution in [-0.2, 0) is 6.54 Å². The molecule has 6 nitrogen and oxygen atoms in total. The van der Waals surface area contributed by atoms with Crippen molar-refractivity contribution < 1.29 is 4.74 Å². The Balaban J connectivity index is 0.00000341. The molecule has 2 N–H and O–H groups in total. The van der Waals surface area contributed by atoms with Crippen LogP contribution < -0.4 is 20.3 Å². The van der Waals surface area contributed by atoms with Crippen molar-refractivity contribution in [3.63, 3.8) is 0 Å². The van der Waals surface area contributed by atoms with Gasteiger partial charge in [0, 0.05) is 32.4 Å². The van der Waals surface area contributed by atoms with Gasteiger partial charge in [0.15, 0.2) is 5.96 Å². The second-order valence-electron chi connectivity index (χ2n) is 7.80. The summed E-state index contributed by atoms with van der Waals surface area (Å²) in [5.74, 6) is 3.29. The Morgan fingerprint density at radius 2 is 1.87 bits per heavy atom. The molecule has 0 spiro atoms. The second-order valence-corrected chi connectivity index (χ2v) is 7.80. The highest BCUT2D eigenvalue weighted by Crippen LogP contribution is 2.21. The lowest BCUT2D eigenvalue weighted by molar-refractivity contribution is 0.414. The normalized spacial score (nSPS) is 14.7.